The highest BCUT2D eigenvalue weighted by Crippen LogP contribution is 2.40. The van der Waals surface area contributed by atoms with Crippen LogP contribution in [0.2, 0.25) is 0 Å². The zero-order valence-corrected chi connectivity index (χ0v) is 27.2. The molecule has 6 heteroatoms. The van der Waals surface area contributed by atoms with E-state index >= 15 is 8.78 Å². The lowest BCUT2D eigenvalue weighted by molar-refractivity contribution is 0.589. The van der Waals surface area contributed by atoms with Gasteiger partial charge in [0.05, 0.1) is 22.3 Å². The summed E-state index contributed by atoms with van der Waals surface area (Å²) in [5, 5.41) is 2.15. The number of fused-ring (bicyclic) bond motifs is 3. The Morgan fingerprint density at radius 1 is 0.373 bits per heavy atom. The normalized spacial score (nSPS) is 11.3. The molecule has 0 amide bonds. The molecule has 0 aliphatic heterocycles. The molecule has 0 saturated carbocycles. The fourth-order valence-corrected chi connectivity index (χ4v) is 6.81. The van der Waals surface area contributed by atoms with E-state index in [1.165, 1.54) is 18.2 Å². The summed E-state index contributed by atoms with van der Waals surface area (Å²) in [6.45, 7) is 0. The molecule has 4 nitrogen and oxygen atoms in total. The molecular weight excluding hydrogens is 635 g/mol. The first-order valence-electron chi connectivity index (χ1n) is 16.7. The van der Waals surface area contributed by atoms with Crippen LogP contribution in [0.3, 0.4) is 0 Å². The van der Waals surface area contributed by atoms with Crippen molar-refractivity contribution in [3.8, 4) is 62.1 Å². The molecule has 0 N–H and O–H groups in total. The van der Waals surface area contributed by atoms with Crippen molar-refractivity contribution < 1.29 is 8.78 Å². The van der Waals surface area contributed by atoms with Crippen molar-refractivity contribution in [3.63, 3.8) is 0 Å². The summed E-state index contributed by atoms with van der Waals surface area (Å²) in [7, 11) is 0. The number of para-hydroxylation sites is 1. The molecule has 0 aliphatic rings. The van der Waals surface area contributed by atoms with Crippen LogP contribution in [0.4, 0.5) is 8.78 Å². The van der Waals surface area contributed by atoms with Gasteiger partial charge in [-0.1, -0.05) is 133 Å². The average molecular weight is 663 g/mol. The summed E-state index contributed by atoms with van der Waals surface area (Å²) in [6, 6.07) is 53.9. The Balaban J connectivity index is 1.38. The molecule has 0 aliphatic carbocycles. The van der Waals surface area contributed by atoms with E-state index in [2.05, 4.69) is 47.0 Å². The van der Waals surface area contributed by atoms with Crippen molar-refractivity contribution in [1.29, 1.82) is 0 Å². The molecule has 0 bridgehead atoms. The Hall–Kier alpha value is -6.79. The van der Waals surface area contributed by atoms with E-state index in [1.807, 2.05) is 97.1 Å². The van der Waals surface area contributed by atoms with Crippen LogP contribution < -0.4 is 0 Å². The number of hydrogen-bond acceptors (Lipinski definition) is 3. The summed E-state index contributed by atoms with van der Waals surface area (Å²) < 4.78 is 32.9. The van der Waals surface area contributed by atoms with E-state index in [9.17, 15) is 0 Å². The number of halogens is 2. The average Bonchev–Trinajstić information content (AvgIpc) is 3.52. The van der Waals surface area contributed by atoms with E-state index in [1.54, 1.807) is 12.1 Å². The molecule has 9 rings (SSSR count). The fraction of sp³-hybridized carbons (Fsp3) is 0. The maximum absolute atomic E-state index is 15.4. The predicted molar refractivity (Wildman–Crippen MR) is 201 cm³/mol. The summed E-state index contributed by atoms with van der Waals surface area (Å²) in [6.07, 6.45) is 0. The lowest BCUT2D eigenvalue weighted by Gasteiger charge is -2.17. The van der Waals surface area contributed by atoms with Gasteiger partial charge in [0.25, 0.3) is 0 Å². The molecule has 0 spiro atoms. The van der Waals surface area contributed by atoms with E-state index in [0.717, 1.165) is 49.7 Å². The first-order chi connectivity index (χ1) is 25.1. The lowest BCUT2D eigenvalue weighted by Crippen LogP contribution is -2.04. The Labute approximate surface area is 293 Å². The van der Waals surface area contributed by atoms with Crippen LogP contribution in [-0.2, 0) is 0 Å². The van der Waals surface area contributed by atoms with E-state index in [0.29, 0.717) is 28.6 Å². The van der Waals surface area contributed by atoms with Crippen molar-refractivity contribution >= 4 is 21.8 Å². The second-order valence-electron chi connectivity index (χ2n) is 12.3. The smallest absolute Gasteiger partial charge is 0.166 e. The Morgan fingerprint density at radius 3 is 1.55 bits per heavy atom. The number of nitrogens with zero attached hydrogens (tertiary/aromatic N) is 4. The zero-order valence-electron chi connectivity index (χ0n) is 27.2. The number of rotatable bonds is 6. The van der Waals surface area contributed by atoms with Gasteiger partial charge in [0.15, 0.2) is 17.5 Å². The monoisotopic (exact) mass is 662 g/mol. The first kappa shape index (κ1) is 30.3. The van der Waals surface area contributed by atoms with Gasteiger partial charge < -0.3 is 4.57 Å². The van der Waals surface area contributed by atoms with Crippen LogP contribution in [-0.4, -0.2) is 19.5 Å². The van der Waals surface area contributed by atoms with Gasteiger partial charge in [-0.2, -0.15) is 0 Å². The standard InChI is InChI=1S/C45H28F2N4/c46-37-20-12-21-38(47)42(37)33-24-26-40(51-39-22-11-10-19-34(39)35-25-23-32(28-41(35)51)29-13-4-1-5-14-29)36(27-33)45-49-43(30-15-6-2-7-16-30)48-44(50-45)31-17-8-3-9-18-31/h1-28H. The van der Waals surface area contributed by atoms with E-state index < -0.39 is 11.6 Å². The highest BCUT2D eigenvalue weighted by atomic mass is 19.1. The second kappa shape index (κ2) is 12.6. The highest BCUT2D eigenvalue weighted by molar-refractivity contribution is 6.10. The zero-order chi connectivity index (χ0) is 34.3. The van der Waals surface area contributed by atoms with Crippen molar-refractivity contribution in [2.45, 2.75) is 0 Å². The quantitative estimate of drug-likeness (QED) is 0.178. The van der Waals surface area contributed by atoms with Crippen LogP contribution in [0, 0.1) is 11.6 Å². The third kappa shape index (κ3) is 5.43. The summed E-state index contributed by atoms with van der Waals surface area (Å²) in [5.74, 6) is 0.0525. The number of aromatic nitrogens is 4. The Morgan fingerprint density at radius 2 is 0.902 bits per heavy atom. The fourth-order valence-electron chi connectivity index (χ4n) is 6.81. The van der Waals surface area contributed by atoms with Crippen molar-refractivity contribution in [2.24, 2.45) is 0 Å². The van der Waals surface area contributed by atoms with Gasteiger partial charge in [0.1, 0.15) is 11.6 Å². The van der Waals surface area contributed by atoms with Crippen molar-refractivity contribution in [2.75, 3.05) is 0 Å². The van der Waals surface area contributed by atoms with Crippen molar-refractivity contribution in [1.82, 2.24) is 19.5 Å². The third-order valence-electron chi connectivity index (χ3n) is 9.21. The Kier molecular flexibility index (Phi) is 7.47. The topological polar surface area (TPSA) is 43.6 Å². The molecule has 2 aromatic heterocycles. The summed E-state index contributed by atoms with van der Waals surface area (Å²) in [4.78, 5) is 15.0. The van der Waals surface area contributed by atoms with E-state index in [4.69, 9.17) is 15.0 Å². The Bertz CT molecular complexity index is 2630. The minimum absolute atomic E-state index is 0.112. The molecule has 0 radical (unpaired) electrons. The van der Waals surface area contributed by atoms with Gasteiger partial charge in [-0.05, 0) is 53.1 Å². The van der Waals surface area contributed by atoms with Gasteiger partial charge in [0, 0.05) is 27.5 Å². The van der Waals surface area contributed by atoms with Crippen LogP contribution >= 0.6 is 0 Å². The molecule has 0 atom stereocenters. The SMILES string of the molecule is Fc1cccc(F)c1-c1ccc(-n2c3ccccc3c3ccc(-c4ccccc4)cc32)c(-c2nc(-c3ccccc3)nc(-c3ccccc3)n2)c1. The van der Waals surface area contributed by atoms with Crippen LogP contribution in [0.25, 0.3) is 83.9 Å². The summed E-state index contributed by atoms with van der Waals surface area (Å²) >= 11 is 0. The second-order valence-corrected chi connectivity index (χ2v) is 12.3. The number of hydrogen-bond donors (Lipinski definition) is 0. The predicted octanol–water partition coefficient (Wildman–Crippen LogP) is 11.6. The largest absolute Gasteiger partial charge is 0.308 e. The highest BCUT2D eigenvalue weighted by Gasteiger charge is 2.22. The molecule has 2 heterocycles. The summed E-state index contributed by atoms with van der Waals surface area (Å²) in [5.41, 5.74) is 7.37. The van der Waals surface area contributed by atoms with Gasteiger partial charge in [-0.15, -0.1) is 0 Å². The molecular formula is C45H28F2N4. The molecule has 0 unspecified atom stereocenters. The lowest BCUT2D eigenvalue weighted by atomic mass is 9.99. The molecule has 0 fully saturated rings. The molecule has 51 heavy (non-hydrogen) atoms. The number of benzene rings is 7. The molecule has 7 aromatic carbocycles. The maximum atomic E-state index is 15.4. The van der Waals surface area contributed by atoms with Crippen LogP contribution in [0.5, 0.6) is 0 Å². The first-order valence-corrected chi connectivity index (χ1v) is 16.7. The van der Waals surface area contributed by atoms with Crippen LogP contribution in [0.1, 0.15) is 0 Å². The molecule has 9 aromatic rings. The molecule has 0 saturated heterocycles. The van der Waals surface area contributed by atoms with Crippen molar-refractivity contribution in [3.05, 3.63) is 181 Å². The van der Waals surface area contributed by atoms with Gasteiger partial charge >= 0.3 is 0 Å². The van der Waals surface area contributed by atoms with Gasteiger partial charge in [0.2, 0.25) is 0 Å². The van der Waals surface area contributed by atoms with Crippen LogP contribution in [0.15, 0.2) is 170 Å². The molecule has 242 valence electrons. The van der Waals surface area contributed by atoms with E-state index in [-0.39, 0.29) is 5.56 Å². The maximum Gasteiger partial charge on any atom is 0.166 e. The minimum Gasteiger partial charge on any atom is -0.308 e. The third-order valence-corrected chi connectivity index (χ3v) is 9.21. The van der Waals surface area contributed by atoms with Gasteiger partial charge in [-0.3, -0.25) is 0 Å². The minimum atomic E-state index is -0.649. The van der Waals surface area contributed by atoms with Gasteiger partial charge in [-0.25, -0.2) is 23.7 Å².